The van der Waals surface area contributed by atoms with Gasteiger partial charge in [-0.1, -0.05) is 18.2 Å². The molecule has 172 valence electrons. The topological polar surface area (TPSA) is 58.9 Å². The van der Waals surface area contributed by atoms with Gasteiger partial charge in [-0.2, -0.15) is 0 Å². The molecule has 0 aliphatic carbocycles. The van der Waals surface area contributed by atoms with E-state index in [1.165, 1.54) is 0 Å². The number of hydrogen-bond donors (Lipinski definition) is 0. The number of aromatic nitrogens is 1. The van der Waals surface area contributed by atoms with Crippen LogP contribution in [0, 0.1) is 0 Å². The SMILES string of the molecule is CCn1cc(C=C2Oc3cc(OCc4ccccc4OC)ccc3C2=O)c2cc(OC)ccc21. The number of carbonyl (C=O) groups is 1. The van der Waals surface area contributed by atoms with Crippen LogP contribution in [-0.4, -0.2) is 24.6 Å². The Bertz CT molecular complexity index is 1420. The van der Waals surface area contributed by atoms with E-state index in [1.54, 1.807) is 38.5 Å². The molecule has 0 bridgehead atoms. The monoisotopic (exact) mass is 455 g/mol. The summed E-state index contributed by atoms with van der Waals surface area (Å²) in [7, 11) is 3.28. The first-order valence-corrected chi connectivity index (χ1v) is 11.1. The molecule has 34 heavy (non-hydrogen) atoms. The standard InChI is InChI=1S/C28H25NO5/c1-4-29-16-19(23-14-20(31-2)10-12-24(23)29)13-27-28(30)22-11-9-21(15-26(22)34-27)33-17-18-7-5-6-8-25(18)32-3/h5-16H,4,17H2,1-3H3. The highest BCUT2D eigenvalue weighted by molar-refractivity contribution is 6.15. The normalized spacial score (nSPS) is 13.7. The minimum atomic E-state index is -0.147. The smallest absolute Gasteiger partial charge is 0.231 e. The molecule has 5 rings (SSSR count). The molecule has 6 nitrogen and oxygen atoms in total. The number of ether oxygens (including phenoxy) is 4. The molecule has 4 aromatic rings. The highest BCUT2D eigenvalue weighted by Gasteiger charge is 2.28. The zero-order chi connectivity index (χ0) is 23.7. The number of carbonyl (C=O) groups excluding carboxylic acids is 1. The van der Waals surface area contributed by atoms with Gasteiger partial charge < -0.3 is 23.5 Å². The van der Waals surface area contributed by atoms with Gasteiger partial charge in [-0.3, -0.25) is 4.79 Å². The lowest BCUT2D eigenvalue weighted by Gasteiger charge is -2.10. The minimum absolute atomic E-state index is 0.147. The summed E-state index contributed by atoms with van der Waals surface area (Å²) in [6, 6.07) is 18.9. The van der Waals surface area contributed by atoms with E-state index in [4.69, 9.17) is 18.9 Å². The first-order valence-electron chi connectivity index (χ1n) is 11.1. The second-order valence-electron chi connectivity index (χ2n) is 7.95. The lowest BCUT2D eigenvalue weighted by Crippen LogP contribution is -1.99. The molecule has 1 aliphatic heterocycles. The van der Waals surface area contributed by atoms with Crippen molar-refractivity contribution >= 4 is 22.8 Å². The van der Waals surface area contributed by atoms with Crippen molar-refractivity contribution in [1.29, 1.82) is 0 Å². The Hall–Kier alpha value is -4.19. The summed E-state index contributed by atoms with van der Waals surface area (Å²) < 4.78 is 24.8. The number of methoxy groups -OCH3 is 2. The number of allylic oxidation sites excluding steroid dienone is 1. The molecule has 0 atom stereocenters. The van der Waals surface area contributed by atoms with Gasteiger partial charge in [0.1, 0.15) is 29.6 Å². The van der Waals surface area contributed by atoms with Crippen LogP contribution in [0.4, 0.5) is 0 Å². The summed E-state index contributed by atoms with van der Waals surface area (Å²) >= 11 is 0. The molecule has 3 aromatic carbocycles. The third-order valence-electron chi connectivity index (χ3n) is 5.97. The molecule has 0 radical (unpaired) electrons. The fourth-order valence-electron chi connectivity index (χ4n) is 4.19. The number of rotatable bonds is 7. The van der Waals surface area contributed by atoms with Crippen molar-refractivity contribution < 1.29 is 23.7 Å². The molecule has 0 unspecified atom stereocenters. The van der Waals surface area contributed by atoms with Crippen molar-refractivity contribution in [3.8, 4) is 23.0 Å². The lowest BCUT2D eigenvalue weighted by atomic mass is 10.1. The van der Waals surface area contributed by atoms with Crippen LogP contribution in [0.1, 0.15) is 28.4 Å². The van der Waals surface area contributed by atoms with E-state index in [-0.39, 0.29) is 11.5 Å². The Kier molecular flexibility index (Phi) is 5.72. The Balaban J connectivity index is 1.41. The molecule has 0 saturated carbocycles. The summed E-state index contributed by atoms with van der Waals surface area (Å²) in [6.07, 6.45) is 3.82. The maximum absolute atomic E-state index is 13.0. The molecule has 0 N–H and O–H groups in total. The van der Waals surface area contributed by atoms with Crippen LogP contribution in [0.2, 0.25) is 0 Å². The second kappa shape index (κ2) is 8.98. The van der Waals surface area contributed by atoms with E-state index in [2.05, 4.69) is 11.5 Å². The quantitative estimate of drug-likeness (QED) is 0.326. The summed E-state index contributed by atoms with van der Waals surface area (Å²) in [5, 5.41) is 1.00. The van der Waals surface area contributed by atoms with Gasteiger partial charge in [0.15, 0.2) is 5.76 Å². The summed E-state index contributed by atoms with van der Waals surface area (Å²) in [4.78, 5) is 13.0. The average molecular weight is 456 g/mol. The molecule has 0 fully saturated rings. The fourth-order valence-corrected chi connectivity index (χ4v) is 4.19. The van der Waals surface area contributed by atoms with E-state index in [9.17, 15) is 4.79 Å². The zero-order valence-electron chi connectivity index (χ0n) is 19.3. The first kappa shape index (κ1) is 21.6. The lowest BCUT2D eigenvalue weighted by molar-refractivity contribution is 0.101. The molecular formula is C28H25NO5. The van der Waals surface area contributed by atoms with E-state index in [0.717, 1.165) is 40.1 Å². The fraction of sp³-hybridized carbons (Fsp3) is 0.179. The number of Topliss-reactive ketones (excluding diaryl/α,β-unsaturated/α-hetero) is 1. The number of aryl methyl sites for hydroxylation is 1. The second-order valence-corrected chi connectivity index (χ2v) is 7.95. The summed E-state index contributed by atoms with van der Waals surface area (Å²) in [6.45, 7) is 3.24. The van der Waals surface area contributed by atoms with Gasteiger partial charge in [-0.05, 0) is 49.4 Å². The van der Waals surface area contributed by atoms with Crippen LogP contribution < -0.4 is 18.9 Å². The van der Waals surface area contributed by atoms with Gasteiger partial charge in [-0.25, -0.2) is 0 Å². The highest BCUT2D eigenvalue weighted by atomic mass is 16.5. The molecular weight excluding hydrogens is 430 g/mol. The molecule has 2 heterocycles. The Morgan fingerprint density at radius 2 is 1.79 bits per heavy atom. The molecule has 1 aliphatic rings. The van der Waals surface area contributed by atoms with Crippen molar-refractivity contribution in [1.82, 2.24) is 4.57 Å². The van der Waals surface area contributed by atoms with E-state index in [0.29, 0.717) is 23.7 Å². The molecule has 1 aromatic heterocycles. The van der Waals surface area contributed by atoms with Crippen LogP contribution in [0.15, 0.2) is 72.6 Å². The Morgan fingerprint density at radius 3 is 2.59 bits per heavy atom. The summed E-state index contributed by atoms with van der Waals surface area (Å²) in [5.41, 5.74) is 3.43. The van der Waals surface area contributed by atoms with Crippen molar-refractivity contribution in [3.05, 3.63) is 89.3 Å². The minimum Gasteiger partial charge on any atom is -0.497 e. The third-order valence-corrected chi connectivity index (χ3v) is 5.97. The maximum Gasteiger partial charge on any atom is 0.231 e. The van der Waals surface area contributed by atoms with Gasteiger partial charge in [0.05, 0.1) is 19.8 Å². The van der Waals surface area contributed by atoms with Crippen molar-refractivity contribution in [2.24, 2.45) is 0 Å². The number of benzene rings is 3. The van der Waals surface area contributed by atoms with Gasteiger partial charge in [0.25, 0.3) is 0 Å². The molecule has 6 heteroatoms. The maximum atomic E-state index is 13.0. The van der Waals surface area contributed by atoms with Crippen LogP contribution in [0.3, 0.4) is 0 Å². The van der Waals surface area contributed by atoms with E-state index < -0.39 is 0 Å². The van der Waals surface area contributed by atoms with E-state index >= 15 is 0 Å². The zero-order valence-corrected chi connectivity index (χ0v) is 19.3. The molecule has 0 spiro atoms. The van der Waals surface area contributed by atoms with Crippen LogP contribution in [-0.2, 0) is 13.2 Å². The first-order chi connectivity index (χ1) is 16.6. The van der Waals surface area contributed by atoms with Gasteiger partial charge >= 0.3 is 0 Å². The predicted molar refractivity (Wildman–Crippen MR) is 131 cm³/mol. The molecule has 0 amide bonds. The van der Waals surface area contributed by atoms with Crippen molar-refractivity contribution in [3.63, 3.8) is 0 Å². The number of nitrogens with zero attached hydrogens (tertiary/aromatic N) is 1. The van der Waals surface area contributed by atoms with Crippen molar-refractivity contribution in [2.75, 3.05) is 14.2 Å². The average Bonchev–Trinajstić information content (AvgIpc) is 3.39. The summed E-state index contributed by atoms with van der Waals surface area (Å²) in [5.74, 6) is 2.78. The number of ketones is 1. The van der Waals surface area contributed by atoms with Crippen LogP contribution in [0.25, 0.3) is 17.0 Å². The van der Waals surface area contributed by atoms with Crippen LogP contribution >= 0.6 is 0 Å². The number of fused-ring (bicyclic) bond motifs is 2. The number of hydrogen-bond acceptors (Lipinski definition) is 5. The largest absolute Gasteiger partial charge is 0.497 e. The van der Waals surface area contributed by atoms with Crippen LogP contribution in [0.5, 0.6) is 23.0 Å². The highest BCUT2D eigenvalue weighted by Crippen LogP contribution is 2.36. The Labute approximate surface area is 197 Å². The predicted octanol–water partition coefficient (Wildman–Crippen LogP) is 5.87. The third kappa shape index (κ3) is 3.88. The van der Waals surface area contributed by atoms with E-state index in [1.807, 2.05) is 48.7 Å². The Morgan fingerprint density at radius 1 is 0.971 bits per heavy atom. The van der Waals surface area contributed by atoms with Crippen molar-refractivity contribution in [2.45, 2.75) is 20.1 Å². The molecule has 0 saturated heterocycles. The van der Waals surface area contributed by atoms with Gasteiger partial charge in [0, 0.05) is 40.8 Å². The number of para-hydroxylation sites is 1. The van der Waals surface area contributed by atoms with Gasteiger partial charge in [-0.15, -0.1) is 0 Å². The van der Waals surface area contributed by atoms with Gasteiger partial charge in [0.2, 0.25) is 5.78 Å².